The van der Waals surface area contributed by atoms with Crippen LogP contribution in [0.4, 0.5) is 0 Å². The molecular weight excluding hydrogens is 232 g/mol. The Morgan fingerprint density at radius 1 is 1.17 bits per heavy atom. The van der Waals surface area contributed by atoms with E-state index in [2.05, 4.69) is 18.6 Å². The molecule has 0 saturated heterocycles. The molecule has 0 aliphatic heterocycles. The molecule has 0 unspecified atom stereocenters. The van der Waals surface area contributed by atoms with Crippen LogP contribution in [-0.2, 0) is 9.53 Å². The molecule has 0 spiro atoms. The van der Waals surface area contributed by atoms with Crippen LogP contribution in [-0.4, -0.2) is 25.0 Å². The first-order chi connectivity index (χ1) is 8.54. The molecule has 0 N–H and O–H groups in total. The molecule has 4 nitrogen and oxygen atoms in total. The number of benzene rings is 1. The molecule has 0 aliphatic rings. The quantitative estimate of drug-likeness (QED) is 0.442. The van der Waals surface area contributed by atoms with Gasteiger partial charge in [0.25, 0.3) is 5.78 Å². The fourth-order valence-corrected chi connectivity index (χ4v) is 1.28. The van der Waals surface area contributed by atoms with Crippen molar-refractivity contribution < 1.29 is 19.1 Å². The number of carbonyl (C=O) groups is 2. The van der Waals surface area contributed by atoms with Gasteiger partial charge in [-0.15, -0.1) is 0 Å². The lowest BCUT2D eigenvalue weighted by Crippen LogP contribution is -2.17. The normalized spacial score (nSPS) is 10.2. The topological polar surface area (TPSA) is 52.6 Å². The van der Waals surface area contributed by atoms with E-state index in [4.69, 9.17) is 4.74 Å². The van der Waals surface area contributed by atoms with Crippen molar-refractivity contribution in [2.24, 2.45) is 5.92 Å². The molecule has 1 aromatic rings. The van der Waals surface area contributed by atoms with E-state index in [1.54, 1.807) is 31.2 Å². The summed E-state index contributed by atoms with van der Waals surface area (Å²) < 4.78 is 10.1. The van der Waals surface area contributed by atoms with Crippen molar-refractivity contribution >= 4 is 11.8 Å². The average molecular weight is 250 g/mol. The third-order valence-corrected chi connectivity index (χ3v) is 2.16. The van der Waals surface area contributed by atoms with Gasteiger partial charge in [0.1, 0.15) is 5.75 Å². The molecule has 0 fully saturated rings. The number of Topliss-reactive ketones (excluding diaryl/α,β-unsaturated/α-hetero) is 1. The van der Waals surface area contributed by atoms with Gasteiger partial charge < -0.3 is 9.47 Å². The fourth-order valence-electron chi connectivity index (χ4n) is 1.28. The summed E-state index contributed by atoms with van der Waals surface area (Å²) in [6, 6.07) is 6.48. The second-order valence-electron chi connectivity index (χ2n) is 4.28. The highest BCUT2D eigenvalue weighted by Crippen LogP contribution is 2.14. The molecule has 1 rings (SSSR count). The summed E-state index contributed by atoms with van der Waals surface area (Å²) in [6.45, 7) is 6.58. The zero-order valence-electron chi connectivity index (χ0n) is 10.9. The lowest BCUT2D eigenvalue weighted by Gasteiger charge is -2.08. The minimum absolute atomic E-state index is 0.195. The SMILES string of the molecule is CCOC(=O)C(=O)c1ccc(OCC(C)C)cc1. The predicted molar refractivity (Wildman–Crippen MR) is 67.7 cm³/mol. The molecule has 0 bridgehead atoms. The van der Waals surface area contributed by atoms with Crippen LogP contribution in [0.3, 0.4) is 0 Å². The number of hydrogen-bond acceptors (Lipinski definition) is 4. The van der Waals surface area contributed by atoms with Crippen molar-refractivity contribution in [3.8, 4) is 5.75 Å². The number of ketones is 1. The Bertz CT molecular complexity index is 406. The van der Waals surface area contributed by atoms with E-state index in [9.17, 15) is 9.59 Å². The molecule has 1 aromatic carbocycles. The standard InChI is InChI=1S/C14H18O4/c1-4-17-14(16)13(15)11-5-7-12(8-6-11)18-9-10(2)3/h5-8,10H,4,9H2,1-3H3. The Kier molecular flexibility index (Phi) is 5.36. The highest BCUT2D eigenvalue weighted by Gasteiger charge is 2.17. The Morgan fingerprint density at radius 3 is 2.28 bits per heavy atom. The molecule has 0 radical (unpaired) electrons. The van der Waals surface area contributed by atoms with Crippen LogP contribution >= 0.6 is 0 Å². The summed E-state index contributed by atoms with van der Waals surface area (Å²) in [5.74, 6) is -0.337. The highest BCUT2D eigenvalue weighted by atomic mass is 16.5. The van der Waals surface area contributed by atoms with Crippen molar-refractivity contribution in [1.29, 1.82) is 0 Å². The van der Waals surface area contributed by atoms with E-state index < -0.39 is 11.8 Å². The number of rotatable bonds is 6. The van der Waals surface area contributed by atoms with E-state index >= 15 is 0 Å². The van der Waals surface area contributed by atoms with Crippen molar-refractivity contribution in [2.45, 2.75) is 20.8 Å². The monoisotopic (exact) mass is 250 g/mol. The van der Waals surface area contributed by atoms with E-state index in [-0.39, 0.29) is 6.61 Å². The van der Waals surface area contributed by atoms with Gasteiger partial charge in [-0.3, -0.25) is 4.79 Å². The van der Waals surface area contributed by atoms with Gasteiger partial charge in [0.2, 0.25) is 0 Å². The number of carbonyl (C=O) groups excluding carboxylic acids is 2. The smallest absolute Gasteiger partial charge is 0.379 e. The van der Waals surface area contributed by atoms with Crippen LogP contribution in [0.1, 0.15) is 31.1 Å². The fraction of sp³-hybridized carbons (Fsp3) is 0.429. The Balaban J connectivity index is 2.65. The van der Waals surface area contributed by atoms with Crippen molar-refractivity contribution in [3.63, 3.8) is 0 Å². The summed E-state index contributed by atoms with van der Waals surface area (Å²) in [6.07, 6.45) is 0. The third kappa shape index (κ3) is 4.20. The lowest BCUT2D eigenvalue weighted by atomic mass is 10.1. The zero-order valence-corrected chi connectivity index (χ0v) is 10.9. The maximum Gasteiger partial charge on any atom is 0.379 e. The minimum atomic E-state index is -0.826. The highest BCUT2D eigenvalue weighted by molar-refractivity contribution is 6.40. The van der Waals surface area contributed by atoms with Crippen molar-refractivity contribution in [1.82, 2.24) is 0 Å². The Labute approximate surface area is 107 Å². The van der Waals surface area contributed by atoms with Crippen LogP contribution in [0.5, 0.6) is 5.75 Å². The molecule has 98 valence electrons. The van der Waals surface area contributed by atoms with Gasteiger partial charge in [-0.1, -0.05) is 13.8 Å². The van der Waals surface area contributed by atoms with Gasteiger partial charge >= 0.3 is 5.97 Å². The van der Waals surface area contributed by atoms with Gasteiger partial charge in [0, 0.05) is 5.56 Å². The first-order valence-corrected chi connectivity index (χ1v) is 5.99. The number of hydrogen-bond donors (Lipinski definition) is 0. The largest absolute Gasteiger partial charge is 0.493 e. The van der Waals surface area contributed by atoms with Gasteiger partial charge in [0.15, 0.2) is 0 Å². The maximum absolute atomic E-state index is 11.6. The summed E-state index contributed by atoms with van der Waals surface area (Å²) in [4.78, 5) is 22.8. The van der Waals surface area contributed by atoms with Gasteiger partial charge in [-0.2, -0.15) is 0 Å². The lowest BCUT2D eigenvalue weighted by molar-refractivity contribution is -0.137. The number of ether oxygens (including phenoxy) is 2. The summed E-state index contributed by atoms with van der Waals surface area (Å²) in [5, 5.41) is 0. The van der Waals surface area contributed by atoms with Crippen LogP contribution < -0.4 is 4.74 Å². The van der Waals surface area contributed by atoms with Gasteiger partial charge in [-0.25, -0.2) is 4.79 Å². The third-order valence-electron chi connectivity index (χ3n) is 2.16. The molecule has 0 heterocycles. The second-order valence-corrected chi connectivity index (χ2v) is 4.28. The molecule has 0 aliphatic carbocycles. The van der Waals surface area contributed by atoms with Crippen LogP contribution in [0.15, 0.2) is 24.3 Å². The molecular formula is C14H18O4. The summed E-state index contributed by atoms with van der Waals surface area (Å²) in [7, 11) is 0. The van der Waals surface area contributed by atoms with E-state index in [1.807, 2.05) is 0 Å². The van der Waals surface area contributed by atoms with Gasteiger partial charge in [-0.05, 0) is 37.1 Å². The van der Waals surface area contributed by atoms with Crippen molar-refractivity contribution in [2.75, 3.05) is 13.2 Å². The first kappa shape index (κ1) is 14.2. The Hall–Kier alpha value is -1.84. The van der Waals surface area contributed by atoms with Crippen molar-refractivity contribution in [3.05, 3.63) is 29.8 Å². The van der Waals surface area contributed by atoms with Gasteiger partial charge in [0.05, 0.1) is 13.2 Å². The summed E-state index contributed by atoms with van der Waals surface area (Å²) in [5.41, 5.74) is 0.311. The molecule has 0 aromatic heterocycles. The predicted octanol–water partition coefficient (Wildman–Crippen LogP) is 2.47. The molecule has 0 saturated carbocycles. The van der Waals surface area contributed by atoms with Crippen LogP contribution in [0.2, 0.25) is 0 Å². The summed E-state index contributed by atoms with van der Waals surface area (Å²) >= 11 is 0. The first-order valence-electron chi connectivity index (χ1n) is 5.99. The molecule has 0 atom stereocenters. The number of esters is 1. The van der Waals surface area contributed by atoms with Crippen LogP contribution in [0.25, 0.3) is 0 Å². The molecule has 18 heavy (non-hydrogen) atoms. The zero-order chi connectivity index (χ0) is 13.5. The minimum Gasteiger partial charge on any atom is -0.493 e. The second kappa shape index (κ2) is 6.79. The average Bonchev–Trinajstić information content (AvgIpc) is 2.36. The van der Waals surface area contributed by atoms with E-state index in [0.717, 1.165) is 0 Å². The van der Waals surface area contributed by atoms with Crippen LogP contribution in [0, 0.1) is 5.92 Å². The Morgan fingerprint density at radius 2 is 1.78 bits per heavy atom. The van der Waals surface area contributed by atoms with E-state index in [1.165, 1.54) is 0 Å². The molecule has 4 heteroatoms. The molecule has 0 amide bonds. The van der Waals surface area contributed by atoms with E-state index in [0.29, 0.717) is 23.8 Å². The maximum atomic E-state index is 11.6.